The van der Waals surface area contributed by atoms with Gasteiger partial charge >= 0.3 is 11.9 Å². The Balaban J connectivity index is 1.55. The summed E-state index contributed by atoms with van der Waals surface area (Å²) in [7, 11) is 0. The quantitative estimate of drug-likeness (QED) is 0.184. The molecule has 2 aromatic rings. The topological polar surface area (TPSA) is 158 Å². The molecule has 0 saturated carbocycles. The first-order chi connectivity index (χ1) is 16.9. The zero-order valence-electron chi connectivity index (χ0n) is 19.1. The average Bonchev–Trinajstić information content (AvgIpc) is 2.84. The molecule has 0 bridgehead atoms. The summed E-state index contributed by atoms with van der Waals surface area (Å²) in [6.07, 6.45) is 7.07. The molecule has 0 fully saturated rings. The molecule has 0 aromatic heterocycles. The highest BCUT2D eigenvalue weighted by atomic mass is 16.4. The molecule has 4 N–H and O–H groups in total. The standard InChI is InChI=1S/C25H28N4O6/c30-22(28-26-16-18-10-6-8-12-20(18)24(32)33)14-4-2-1-3-5-15-23(31)29-27-17-19-11-7-9-13-21(19)25(34)35/h6-13,16-17H,1-5,14-15H2,(H,28,30)(H,29,31)(H,32,33)(H,34,35). The van der Waals surface area contributed by atoms with E-state index in [0.29, 0.717) is 36.8 Å². The lowest BCUT2D eigenvalue weighted by Gasteiger charge is -2.03. The predicted octanol–water partition coefficient (Wildman–Crippen LogP) is 3.41. The zero-order valence-corrected chi connectivity index (χ0v) is 19.1. The molecule has 0 aliphatic carbocycles. The first kappa shape index (κ1) is 26.9. The molecule has 35 heavy (non-hydrogen) atoms. The Bertz CT molecular complexity index is 1010. The molecule has 0 aliphatic rings. The van der Waals surface area contributed by atoms with Crippen molar-refractivity contribution in [2.75, 3.05) is 0 Å². The summed E-state index contributed by atoms with van der Waals surface area (Å²) in [5.74, 6) is -2.64. The number of benzene rings is 2. The van der Waals surface area contributed by atoms with Crippen molar-refractivity contribution in [2.45, 2.75) is 44.9 Å². The molecule has 0 atom stereocenters. The number of aromatic carboxylic acids is 2. The normalized spacial score (nSPS) is 11.0. The van der Waals surface area contributed by atoms with E-state index in [9.17, 15) is 19.2 Å². The van der Waals surface area contributed by atoms with Crippen molar-refractivity contribution in [1.29, 1.82) is 0 Å². The fraction of sp³-hybridized carbons (Fsp3) is 0.280. The summed E-state index contributed by atoms with van der Waals surface area (Å²) in [4.78, 5) is 46.0. The Morgan fingerprint density at radius 3 is 1.40 bits per heavy atom. The zero-order chi connectivity index (χ0) is 25.5. The van der Waals surface area contributed by atoms with Crippen molar-refractivity contribution >= 4 is 36.2 Å². The molecule has 10 nitrogen and oxygen atoms in total. The lowest BCUT2D eigenvalue weighted by molar-refractivity contribution is -0.121. The van der Waals surface area contributed by atoms with E-state index in [2.05, 4.69) is 21.1 Å². The van der Waals surface area contributed by atoms with Crippen LogP contribution in [-0.4, -0.2) is 46.4 Å². The van der Waals surface area contributed by atoms with Crippen LogP contribution in [0.4, 0.5) is 0 Å². The van der Waals surface area contributed by atoms with Gasteiger partial charge in [-0.1, -0.05) is 55.7 Å². The molecule has 184 valence electrons. The monoisotopic (exact) mass is 480 g/mol. The van der Waals surface area contributed by atoms with Crippen molar-refractivity contribution in [3.05, 3.63) is 70.8 Å². The van der Waals surface area contributed by atoms with Gasteiger partial charge in [0.1, 0.15) is 0 Å². The van der Waals surface area contributed by atoms with E-state index in [1.807, 2.05) is 0 Å². The van der Waals surface area contributed by atoms with Crippen LogP contribution in [0.1, 0.15) is 76.8 Å². The van der Waals surface area contributed by atoms with Gasteiger partial charge in [0.15, 0.2) is 0 Å². The van der Waals surface area contributed by atoms with Crippen molar-refractivity contribution in [1.82, 2.24) is 10.9 Å². The molecule has 0 aliphatic heterocycles. The highest BCUT2D eigenvalue weighted by Crippen LogP contribution is 2.09. The van der Waals surface area contributed by atoms with Gasteiger partial charge in [0.05, 0.1) is 23.6 Å². The highest BCUT2D eigenvalue weighted by Gasteiger charge is 2.08. The van der Waals surface area contributed by atoms with Gasteiger partial charge in [-0.3, -0.25) is 9.59 Å². The van der Waals surface area contributed by atoms with Gasteiger partial charge in [0.25, 0.3) is 0 Å². The fourth-order valence-corrected chi connectivity index (χ4v) is 3.17. The third-order valence-corrected chi connectivity index (χ3v) is 4.98. The molecule has 2 aromatic carbocycles. The number of hydrogen-bond donors (Lipinski definition) is 4. The molecular weight excluding hydrogens is 452 g/mol. The Labute approximate surface area is 202 Å². The van der Waals surface area contributed by atoms with Gasteiger partial charge in [-0.2, -0.15) is 10.2 Å². The molecule has 2 rings (SSSR count). The SMILES string of the molecule is O=C(CCCCCCCC(=O)NN=Cc1ccccc1C(=O)O)NN=Cc1ccccc1C(=O)O. The van der Waals surface area contributed by atoms with Gasteiger partial charge in [-0.25, -0.2) is 20.4 Å². The molecule has 0 radical (unpaired) electrons. The number of rotatable bonds is 14. The van der Waals surface area contributed by atoms with Crippen LogP contribution in [0.25, 0.3) is 0 Å². The minimum absolute atomic E-state index is 0.106. The molecular formula is C25H28N4O6. The second kappa shape index (κ2) is 14.7. The van der Waals surface area contributed by atoms with Crippen molar-refractivity contribution in [2.24, 2.45) is 10.2 Å². The Hall–Kier alpha value is -4.34. The van der Waals surface area contributed by atoms with Gasteiger partial charge < -0.3 is 10.2 Å². The van der Waals surface area contributed by atoms with E-state index in [4.69, 9.17) is 10.2 Å². The van der Waals surface area contributed by atoms with E-state index in [1.54, 1.807) is 36.4 Å². The number of unbranched alkanes of at least 4 members (excludes halogenated alkanes) is 4. The van der Waals surface area contributed by atoms with Crippen molar-refractivity contribution < 1.29 is 29.4 Å². The largest absolute Gasteiger partial charge is 0.478 e. The van der Waals surface area contributed by atoms with E-state index < -0.39 is 11.9 Å². The predicted molar refractivity (Wildman–Crippen MR) is 131 cm³/mol. The van der Waals surface area contributed by atoms with Crippen LogP contribution in [0.3, 0.4) is 0 Å². The van der Waals surface area contributed by atoms with Crippen LogP contribution in [0, 0.1) is 0 Å². The molecule has 0 heterocycles. The maximum absolute atomic E-state index is 11.9. The Morgan fingerprint density at radius 1 is 0.629 bits per heavy atom. The number of nitrogens with zero attached hydrogens (tertiary/aromatic N) is 2. The summed E-state index contributed by atoms with van der Waals surface area (Å²) in [5, 5.41) is 25.9. The maximum Gasteiger partial charge on any atom is 0.336 e. The van der Waals surface area contributed by atoms with Crippen LogP contribution >= 0.6 is 0 Å². The van der Waals surface area contributed by atoms with Gasteiger partial charge in [0, 0.05) is 24.0 Å². The number of carboxylic acid groups (broad SMARTS) is 2. The van der Waals surface area contributed by atoms with Crippen LogP contribution in [-0.2, 0) is 9.59 Å². The Morgan fingerprint density at radius 2 is 1.00 bits per heavy atom. The third-order valence-electron chi connectivity index (χ3n) is 4.98. The minimum atomic E-state index is -1.06. The first-order valence-corrected chi connectivity index (χ1v) is 11.2. The minimum Gasteiger partial charge on any atom is -0.478 e. The number of hydrazone groups is 2. The maximum atomic E-state index is 11.9. The second-order valence-corrected chi connectivity index (χ2v) is 7.64. The summed E-state index contributed by atoms with van der Waals surface area (Å²) in [6, 6.07) is 12.7. The van der Waals surface area contributed by atoms with Crippen LogP contribution in [0.15, 0.2) is 58.7 Å². The van der Waals surface area contributed by atoms with E-state index in [-0.39, 0.29) is 22.9 Å². The third kappa shape index (κ3) is 9.99. The van der Waals surface area contributed by atoms with Crippen molar-refractivity contribution in [3.8, 4) is 0 Å². The van der Waals surface area contributed by atoms with Crippen LogP contribution in [0.5, 0.6) is 0 Å². The number of nitrogens with one attached hydrogen (secondary N) is 2. The van der Waals surface area contributed by atoms with Crippen LogP contribution in [0.2, 0.25) is 0 Å². The number of amides is 2. The summed E-state index contributed by atoms with van der Waals surface area (Å²) < 4.78 is 0. The molecule has 0 unspecified atom stereocenters. The number of carbonyl (C=O) groups is 4. The summed E-state index contributed by atoms with van der Waals surface area (Å²) >= 11 is 0. The van der Waals surface area contributed by atoms with Gasteiger partial charge in [-0.05, 0) is 25.0 Å². The lowest BCUT2D eigenvalue weighted by atomic mass is 10.1. The summed E-state index contributed by atoms with van der Waals surface area (Å²) in [6.45, 7) is 0. The Kier molecular flexibility index (Phi) is 11.3. The number of carboxylic acids is 2. The number of hydrogen-bond acceptors (Lipinski definition) is 6. The first-order valence-electron chi connectivity index (χ1n) is 11.2. The van der Waals surface area contributed by atoms with Crippen molar-refractivity contribution in [3.63, 3.8) is 0 Å². The van der Waals surface area contributed by atoms with Gasteiger partial charge in [-0.15, -0.1) is 0 Å². The number of carbonyl (C=O) groups excluding carboxylic acids is 2. The highest BCUT2D eigenvalue weighted by molar-refractivity contribution is 5.99. The van der Waals surface area contributed by atoms with E-state index in [1.165, 1.54) is 24.6 Å². The van der Waals surface area contributed by atoms with E-state index >= 15 is 0 Å². The average molecular weight is 481 g/mol. The van der Waals surface area contributed by atoms with Gasteiger partial charge in [0.2, 0.25) is 11.8 Å². The molecule has 10 heteroatoms. The molecule has 0 saturated heterocycles. The second-order valence-electron chi connectivity index (χ2n) is 7.64. The molecule has 0 spiro atoms. The smallest absolute Gasteiger partial charge is 0.336 e. The lowest BCUT2D eigenvalue weighted by Crippen LogP contribution is -2.17. The molecule has 2 amide bonds. The van der Waals surface area contributed by atoms with Crippen LogP contribution < -0.4 is 10.9 Å². The fourth-order valence-electron chi connectivity index (χ4n) is 3.17. The summed E-state index contributed by atoms with van der Waals surface area (Å²) in [5.41, 5.74) is 5.81. The van der Waals surface area contributed by atoms with E-state index in [0.717, 1.165) is 19.3 Å².